The summed E-state index contributed by atoms with van der Waals surface area (Å²) in [5, 5.41) is 9.63. The van der Waals surface area contributed by atoms with Crippen molar-refractivity contribution < 1.29 is 9.84 Å². The number of benzene rings is 1. The molecule has 0 unspecified atom stereocenters. The molecule has 2 nitrogen and oxygen atoms in total. The maximum absolute atomic E-state index is 9.63. The highest BCUT2D eigenvalue weighted by molar-refractivity contribution is 5.42. The second kappa shape index (κ2) is 5.44. The first-order valence-electron chi connectivity index (χ1n) is 6.66. The molecule has 0 saturated heterocycles. The van der Waals surface area contributed by atoms with Gasteiger partial charge >= 0.3 is 0 Å². The molecule has 0 atom stereocenters. The largest absolute Gasteiger partial charge is 0.508 e. The Morgan fingerprint density at radius 2 is 1.94 bits per heavy atom. The Balaban J connectivity index is 1.95. The Labute approximate surface area is 104 Å². The number of phenols is 1. The third-order valence-electron chi connectivity index (χ3n) is 3.92. The number of hydrogen-bond acceptors (Lipinski definition) is 2. The maximum atomic E-state index is 9.63. The maximum Gasteiger partial charge on any atom is 0.126 e. The van der Waals surface area contributed by atoms with Crippen LogP contribution in [-0.2, 0) is 0 Å². The minimum Gasteiger partial charge on any atom is -0.508 e. The van der Waals surface area contributed by atoms with E-state index in [1.807, 2.05) is 19.1 Å². The number of rotatable bonds is 3. The Hall–Kier alpha value is -1.18. The summed E-state index contributed by atoms with van der Waals surface area (Å²) in [4.78, 5) is 0. The minimum absolute atomic E-state index is 0.324. The predicted molar refractivity (Wildman–Crippen MR) is 69.5 cm³/mol. The molecule has 2 rings (SSSR count). The van der Waals surface area contributed by atoms with Gasteiger partial charge in [0.2, 0.25) is 0 Å². The molecule has 1 aromatic rings. The molecule has 1 saturated carbocycles. The van der Waals surface area contributed by atoms with Crippen LogP contribution in [0.5, 0.6) is 11.5 Å². The van der Waals surface area contributed by atoms with Crippen LogP contribution in [0, 0.1) is 12.8 Å². The summed E-state index contributed by atoms with van der Waals surface area (Å²) in [6, 6.07) is 5.49. The Kier molecular flexibility index (Phi) is 3.93. The number of aromatic hydroxyl groups is 1. The molecular formula is C15H22O2. The first-order chi connectivity index (χ1) is 8.20. The van der Waals surface area contributed by atoms with Crippen molar-refractivity contribution in [2.45, 2.75) is 52.1 Å². The molecule has 94 valence electrons. The zero-order valence-corrected chi connectivity index (χ0v) is 10.8. The van der Waals surface area contributed by atoms with Crippen molar-refractivity contribution in [1.29, 1.82) is 0 Å². The molecule has 1 N–H and O–H groups in total. The van der Waals surface area contributed by atoms with E-state index in [0.29, 0.717) is 11.9 Å². The zero-order valence-electron chi connectivity index (χ0n) is 10.8. The van der Waals surface area contributed by atoms with Crippen LogP contribution in [0.25, 0.3) is 0 Å². The lowest BCUT2D eigenvalue weighted by Crippen LogP contribution is -2.24. The van der Waals surface area contributed by atoms with Gasteiger partial charge in [-0.05, 0) is 50.7 Å². The van der Waals surface area contributed by atoms with Gasteiger partial charge in [-0.15, -0.1) is 0 Å². The second-order valence-electron chi connectivity index (χ2n) is 5.07. The van der Waals surface area contributed by atoms with Crippen LogP contribution < -0.4 is 4.74 Å². The fourth-order valence-electron chi connectivity index (χ4n) is 2.57. The van der Waals surface area contributed by atoms with Crippen LogP contribution in [0.4, 0.5) is 0 Å². The average molecular weight is 234 g/mol. The normalized spacial score (nSPS) is 24.6. The van der Waals surface area contributed by atoms with Gasteiger partial charge in [-0.25, -0.2) is 0 Å². The van der Waals surface area contributed by atoms with Gasteiger partial charge in [0.1, 0.15) is 11.5 Å². The molecule has 2 heteroatoms. The topological polar surface area (TPSA) is 29.5 Å². The van der Waals surface area contributed by atoms with Crippen molar-refractivity contribution in [3.05, 3.63) is 23.8 Å². The molecule has 1 aliphatic carbocycles. The zero-order chi connectivity index (χ0) is 12.3. The van der Waals surface area contributed by atoms with Crippen LogP contribution in [0.1, 0.15) is 44.6 Å². The lowest BCUT2D eigenvalue weighted by atomic mass is 9.86. The Bertz CT molecular complexity index is 365. The minimum atomic E-state index is 0.324. The first kappa shape index (κ1) is 12.3. The number of phenolic OH excluding ortho intramolecular Hbond substituents is 1. The van der Waals surface area contributed by atoms with Gasteiger partial charge in [0.15, 0.2) is 0 Å². The molecule has 1 aliphatic rings. The van der Waals surface area contributed by atoms with Gasteiger partial charge in [0.05, 0.1) is 6.10 Å². The highest BCUT2D eigenvalue weighted by Crippen LogP contribution is 2.32. The lowest BCUT2D eigenvalue weighted by Gasteiger charge is -2.28. The van der Waals surface area contributed by atoms with Crippen molar-refractivity contribution >= 4 is 0 Å². The van der Waals surface area contributed by atoms with E-state index >= 15 is 0 Å². The van der Waals surface area contributed by atoms with Gasteiger partial charge in [-0.2, -0.15) is 0 Å². The summed E-state index contributed by atoms with van der Waals surface area (Å²) in [6.07, 6.45) is 6.47. The Morgan fingerprint density at radius 3 is 2.59 bits per heavy atom. The molecule has 0 amide bonds. The molecule has 0 spiro atoms. The van der Waals surface area contributed by atoms with E-state index in [2.05, 4.69) is 6.92 Å². The van der Waals surface area contributed by atoms with Crippen molar-refractivity contribution in [3.63, 3.8) is 0 Å². The second-order valence-corrected chi connectivity index (χ2v) is 5.07. The van der Waals surface area contributed by atoms with Crippen molar-refractivity contribution in [3.8, 4) is 11.5 Å². The van der Waals surface area contributed by atoms with Crippen LogP contribution in [0.15, 0.2) is 18.2 Å². The summed E-state index contributed by atoms with van der Waals surface area (Å²) in [7, 11) is 0. The van der Waals surface area contributed by atoms with Gasteiger partial charge in [0, 0.05) is 5.56 Å². The van der Waals surface area contributed by atoms with E-state index in [9.17, 15) is 5.11 Å². The first-order valence-corrected chi connectivity index (χ1v) is 6.66. The van der Waals surface area contributed by atoms with E-state index in [4.69, 9.17) is 4.74 Å². The Morgan fingerprint density at radius 1 is 1.24 bits per heavy atom. The summed E-state index contributed by atoms with van der Waals surface area (Å²) >= 11 is 0. The van der Waals surface area contributed by atoms with E-state index in [1.165, 1.54) is 19.3 Å². The van der Waals surface area contributed by atoms with Crippen LogP contribution in [0.2, 0.25) is 0 Å². The molecule has 0 bridgehead atoms. The molecule has 1 aromatic carbocycles. The van der Waals surface area contributed by atoms with E-state index in [-0.39, 0.29) is 0 Å². The monoisotopic (exact) mass is 234 g/mol. The molecule has 1 fully saturated rings. The van der Waals surface area contributed by atoms with Gasteiger partial charge in [0.25, 0.3) is 0 Å². The summed E-state index contributed by atoms with van der Waals surface area (Å²) < 4.78 is 6.00. The third-order valence-corrected chi connectivity index (χ3v) is 3.92. The molecule has 0 radical (unpaired) electrons. The van der Waals surface area contributed by atoms with Crippen LogP contribution in [-0.4, -0.2) is 11.2 Å². The molecule has 0 aromatic heterocycles. The van der Waals surface area contributed by atoms with Gasteiger partial charge in [-0.1, -0.05) is 19.4 Å². The van der Waals surface area contributed by atoms with E-state index in [1.54, 1.807) is 6.07 Å². The SMILES string of the molecule is CCC1CCC(Oc2cccc(O)c2C)CC1. The smallest absolute Gasteiger partial charge is 0.126 e. The third kappa shape index (κ3) is 2.93. The van der Waals surface area contributed by atoms with Crippen LogP contribution >= 0.6 is 0 Å². The van der Waals surface area contributed by atoms with Gasteiger partial charge in [-0.3, -0.25) is 0 Å². The fraction of sp³-hybridized carbons (Fsp3) is 0.600. The number of ether oxygens (including phenoxy) is 1. The van der Waals surface area contributed by atoms with Crippen molar-refractivity contribution in [2.24, 2.45) is 5.92 Å². The predicted octanol–water partition coefficient (Wildman–Crippen LogP) is 4.05. The molecule has 0 aliphatic heterocycles. The van der Waals surface area contributed by atoms with Gasteiger partial charge < -0.3 is 9.84 Å². The lowest BCUT2D eigenvalue weighted by molar-refractivity contribution is 0.129. The summed E-state index contributed by atoms with van der Waals surface area (Å²) in [6.45, 7) is 4.17. The highest BCUT2D eigenvalue weighted by Gasteiger charge is 2.21. The molecule has 17 heavy (non-hydrogen) atoms. The van der Waals surface area contributed by atoms with Crippen molar-refractivity contribution in [1.82, 2.24) is 0 Å². The fourth-order valence-corrected chi connectivity index (χ4v) is 2.57. The molecular weight excluding hydrogens is 212 g/mol. The standard InChI is InChI=1S/C15H22O2/c1-3-12-7-9-13(10-8-12)17-15-6-4-5-14(16)11(15)2/h4-6,12-13,16H,3,7-10H2,1-2H3. The summed E-state index contributed by atoms with van der Waals surface area (Å²) in [5.74, 6) is 2.05. The molecule has 0 heterocycles. The summed E-state index contributed by atoms with van der Waals surface area (Å²) in [5.41, 5.74) is 0.852. The average Bonchev–Trinajstić information content (AvgIpc) is 2.36. The van der Waals surface area contributed by atoms with E-state index < -0.39 is 0 Å². The number of hydrogen-bond donors (Lipinski definition) is 1. The van der Waals surface area contributed by atoms with Crippen LogP contribution in [0.3, 0.4) is 0 Å². The highest BCUT2D eigenvalue weighted by atomic mass is 16.5. The van der Waals surface area contributed by atoms with E-state index in [0.717, 1.165) is 30.1 Å². The van der Waals surface area contributed by atoms with Crippen molar-refractivity contribution in [2.75, 3.05) is 0 Å². The quantitative estimate of drug-likeness (QED) is 0.855.